The number of aliphatic hydroxyl groups is 1. The normalized spacial score (nSPS) is 17.5. The van der Waals surface area contributed by atoms with Crippen LogP contribution in [0.5, 0.6) is 0 Å². The first-order chi connectivity index (χ1) is 7.13. The molecule has 0 heterocycles. The smallest absolute Gasteiger partial charge is 0.236 e. The lowest BCUT2D eigenvalue weighted by Crippen LogP contribution is -2.37. The van der Waals surface area contributed by atoms with Gasteiger partial charge in [0.2, 0.25) is 5.91 Å². The van der Waals surface area contributed by atoms with Crippen LogP contribution in [-0.2, 0) is 4.79 Å². The van der Waals surface area contributed by atoms with Gasteiger partial charge in [0.25, 0.3) is 0 Å². The van der Waals surface area contributed by atoms with Gasteiger partial charge in [0.1, 0.15) is 0 Å². The summed E-state index contributed by atoms with van der Waals surface area (Å²) in [5, 5.41) is 12.1. The van der Waals surface area contributed by atoms with Crippen LogP contribution >= 0.6 is 0 Å². The molecule has 1 rings (SSSR count). The van der Waals surface area contributed by atoms with Crippen LogP contribution in [0.25, 0.3) is 0 Å². The second-order valence-corrected chi connectivity index (χ2v) is 4.49. The van der Waals surface area contributed by atoms with Crippen LogP contribution in [0.2, 0.25) is 0 Å². The molecular formula is C11H22N2O2. The second-order valence-electron chi connectivity index (χ2n) is 4.49. The number of hydrogen-bond acceptors (Lipinski definition) is 3. The SMILES string of the molecule is CCN(C)C(=O)CNCC1(CCO)CC1. The van der Waals surface area contributed by atoms with Gasteiger partial charge in [-0.2, -0.15) is 0 Å². The number of rotatable bonds is 7. The summed E-state index contributed by atoms with van der Waals surface area (Å²) in [4.78, 5) is 13.2. The van der Waals surface area contributed by atoms with Crippen LogP contribution in [0.3, 0.4) is 0 Å². The zero-order valence-electron chi connectivity index (χ0n) is 9.75. The van der Waals surface area contributed by atoms with Gasteiger partial charge in [-0.05, 0) is 31.6 Å². The van der Waals surface area contributed by atoms with Gasteiger partial charge in [-0.3, -0.25) is 4.79 Å². The molecule has 2 N–H and O–H groups in total. The van der Waals surface area contributed by atoms with Crippen LogP contribution in [0.4, 0.5) is 0 Å². The Labute approximate surface area is 91.6 Å². The minimum Gasteiger partial charge on any atom is -0.396 e. The van der Waals surface area contributed by atoms with Crippen LogP contribution < -0.4 is 5.32 Å². The highest BCUT2D eigenvalue weighted by atomic mass is 16.3. The van der Waals surface area contributed by atoms with E-state index in [1.165, 1.54) is 12.8 Å². The summed E-state index contributed by atoms with van der Waals surface area (Å²) < 4.78 is 0. The third-order valence-corrected chi connectivity index (χ3v) is 3.28. The van der Waals surface area contributed by atoms with Crippen LogP contribution in [0.1, 0.15) is 26.2 Å². The molecule has 1 aliphatic carbocycles. The Morgan fingerprint density at radius 1 is 1.53 bits per heavy atom. The highest BCUT2D eigenvalue weighted by Gasteiger charge is 2.41. The van der Waals surface area contributed by atoms with Gasteiger partial charge < -0.3 is 15.3 Å². The van der Waals surface area contributed by atoms with E-state index in [1.807, 2.05) is 14.0 Å². The Hall–Kier alpha value is -0.610. The minimum absolute atomic E-state index is 0.136. The van der Waals surface area contributed by atoms with Crippen LogP contribution in [0, 0.1) is 5.41 Å². The van der Waals surface area contributed by atoms with E-state index in [9.17, 15) is 4.79 Å². The fourth-order valence-corrected chi connectivity index (χ4v) is 1.68. The quantitative estimate of drug-likeness (QED) is 0.637. The van der Waals surface area contributed by atoms with Crippen molar-refractivity contribution in [2.75, 3.05) is 33.3 Å². The molecule has 4 heteroatoms. The monoisotopic (exact) mass is 214 g/mol. The third-order valence-electron chi connectivity index (χ3n) is 3.28. The molecule has 0 aromatic carbocycles. The Morgan fingerprint density at radius 2 is 2.20 bits per heavy atom. The van der Waals surface area contributed by atoms with E-state index >= 15 is 0 Å². The Kier molecular flexibility index (Phi) is 4.54. The van der Waals surface area contributed by atoms with Crippen molar-refractivity contribution in [2.24, 2.45) is 5.41 Å². The van der Waals surface area contributed by atoms with Gasteiger partial charge >= 0.3 is 0 Å². The highest BCUT2D eigenvalue weighted by molar-refractivity contribution is 5.77. The summed E-state index contributed by atoms with van der Waals surface area (Å²) in [6.07, 6.45) is 3.22. The molecule has 0 bridgehead atoms. The summed E-state index contributed by atoms with van der Waals surface area (Å²) in [5.74, 6) is 0.136. The van der Waals surface area contributed by atoms with Crippen molar-refractivity contribution in [3.63, 3.8) is 0 Å². The number of carbonyl (C=O) groups excluding carboxylic acids is 1. The number of likely N-dealkylation sites (N-methyl/N-ethyl adjacent to an activating group) is 1. The minimum atomic E-state index is 0.136. The van der Waals surface area contributed by atoms with E-state index in [-0.39, 0.29) is 12.5 Å². The molecule has 0 saturated heterocycles. The summed E-state index contributed by atoms with van der Waals surface area (Å²) in [6.45, 7) is 4.24. The number of carbonyl (C=O) groups is 1. The van der Waals surface area contributed by atoms with Crippen molar-refractivity contribution in [3.8, 4) is 0 Å². The van der Waals surface area contributed by atoms with E-state index in [0.29, 0.717) is 12.0 Å². The van der Waals surface area contributed by atoms with Crippen molar-refractivity contribution in [1.29, 1.82) is 0 Å². The molecule has 1 aliphatic rings. The van der Waals surface area contributed by atoms with E-state index in [4.69, 9.17) is 5.11 Å². The van der Waals surface area contributed by atoms with Crippen molar-refractivity contribution in [2.45, 2.75) is 26.2 Å². The average Bonchev–Trinajstić information content (AvgIpc) is 2.97. The van der Waals surface area contributed by atoms with Crippen molar-refractivity contribution in [1.82, 2.24) is 10.2 Å². The summed E-state index contributed by atoms with van der Waals surface area (Å²) in [6, 6.07) is 0. The number of nitrogens with one attached hydrogen (secondary N) is 1. The Morgan fingerprint density at radius 3 is 2.67 bits per heavy atom. The molecule has 0 spiro atoms. The Bertz CT molecular complexity index is 215. The topological polar surface area (TPSA) is 52.6 Å². The van der Waals surface area contributed by atoms with E-state index < -0.39 is 0 Å². The van der Waals surface area contributed by atoms with Crippen molar-refractivity contribution in [3.05, 3.63) is 0 Å². The maximum absolute atomic E-state index is 11.5. The number of nitrogens with zero attached hydrogens (tertiary/aromatic N) is 1. The zero-order chi connectivity index (χ0) is 11.3. The predicted molar refractivity (Wildman–Crippen MR) is 59.6 cm³/mol. The Balaban J connectivity index is 2.13. The van der Waals surface area contributed by atoms with Gasteiger partial charge in [0, 0.05) is 26.7 Å². The average molecular weight is 214 g/mol. The molecule has 88 valence electrons. The van der Waals surface area contributed by atoms with E-state index in [0.717, 1.165) is 19.5 Å². The maximum atomic E-state index is 11.5. The van der Waals surface area contributed by atoms with Gasteiger partial charge in [-0.15, -0.1) is 0 Å². The molecule has 0 radical (unpaired) electrons. The largest absolute Gasteiger partial charge is 0.396 e. The maximum Gasteiger partial charge on any atom is 0.236 e. The van der Waals surface area contributed by atoms with Crippen molar-refractivity contribution < 1.29 is 9.90 Å². The summed E-state index contributed by atoms with van der Waals surface area (Å²) in [5.41, 5.74) is 0.291. The third kappa shape index (κ3) is 3.80. The summed E-state index contributed by atoms with van der Waals surface area (Å²) in [7, 11) is 1.81. The molecular weight excluding hydrogens is 192 g/mol. The molecule has 0 aromatic rings. The predicted octanol–water partition coefficient (Wildman–Crippen LogP) is 0.217. The molecule has 1 amide bonds. The van der Waals surface area contributed by atoms with Gasteiger partial charge in [0.05, 0.1) is 6.54 Å². The highest BCUT2D eigenvalue weighted by Crippen LogP contribution is 2.47. The lowest BCUT2D eigenvalue weighted by atomic mass is 10.0. The number of hydrogen-bond donors (Lipinski definition) is 2. The van der Waals surface area contributed by atoms with E-state index in [1.54, 1.807) is 4.90 Å². The first-order valence-electron chi connectivity index (χ1n) is 5.69. The zero-order valence-corrected chi connectivity index (χ0v) is 9.75. The van der Waals surface area contributed by atoms with E-state index in [2.05, 4.69) is 5.32 Å². The van der Waals surface area contributed by atoms with Crippen LogP contribution in [0.15, 0.2) is 0 Å². The fraction of sp³-hybridized carbons (Fsp3) is 0.909. The molecule has 0 atom stereocenters. The van der Waals surface area contributed by atoms with Gasteiger partial charge in [-0.25, -0.2) is 0 Å². The van der Waals surface area contributed by atoms with Crippen molar-refractivity contribution >= 4 is 5.91 Å². The van der Waals surface area contributed by atoms with Gasteiger partial charge in [0.15, 0.2) is 0 Å². The van der Waals surface area contributed by atoms with Crippen LogP contribution in [-0.4, -0.2) is 49.2 Å². The molecule has 0 unspecified atom stereocenters. The molecule has 15 heavy (non-hydrogen) atoms. The molecule has 1 fully saturated rings. The molecule has 1 saturated carbocycles. The molecule has 0 aliphatic heterocycles. The lowest BCUT2D eigenvalue weighted by Gasteiger charge is -2.17. The fourth-order valence-electron chi connectivity index (χ4n) is 1.68. The lowest BCUT2D eigenvalue weighted by molar-refractivity contribution is -0.128. The standard InChI is InChI=1S/C11H22N2O2/c1-3-13(2)10(15)8-12-9-11(4-5-11)6-7-14/h12,14H,3-9H2,1-2H3. The number of amides is 1. The molecule has 0 aromatic heterocycles. The second kappa shape index (κ2) is 5.47. The summed E-state index contributed by atoms with van der Waals surface area (Å²) >= 11 is 0. The number of aliphatic hydroxyl groups excluding tert-OH is 1. The first-order valence-corrected chi connectivity index (χ1v) is 5.69. The molecule has 4 nitrogen and oxygen atoms in total. The first kappa shape index (κ1) is 12.5. The van der Waals surface area contributed by atoms with Gasteiger partial charge in [-0.1, -0.05) is 0 Å².